The first-order valence-corrected chi connectivity index (χ1v) is 4.92. The molecule has 6 nitrogen and oxygen atoms in total. The number of thiazole rings is 1. The monoisotopic (exact) mass is 225 g/mol. The topological polar surface area (TPSA) is 78.1 Å². The number of aryl methyl sites for hydroxylation is 1. The summed E-state index contributed by atoms with van der Waals surface area (Å²) in [6.07, 6.45) is 0. The first kappa shape index (κ1) is 9.78. The summed E-state index contributed by atoms with van der Waals surface area (Å²) in [6, 6.07) is 0. The van der Waals surface area contributed by atoms with Crippen LogP contribution in [0.15, 0.2) is 9.93 Å². The van der Waals surface area contributed by atoms with E-state index < -0.39 is 5.97 Å². The van der Waals surface area contributed by atoms with E-state index in [1.165, 1.54) is 18.4 Å². The number of carbonyl (C=O) groups is 1. The molecule has 0 saturated carbocycles. The summed E-state index contributed by atoms with van der Waals surface area (Å²) in [5.41, 5.74) is 2.47. The number of carbonyl (C=O) groups excluding carboxylic acids is 1. The van der Waals surface area contributed by atoms with Crippen LogP contribution in [0.2, 0.25) is 0 Å². The second-order valence-corrected chi connectivity index (χ2v) is 3.53. The molecule has 0 aliphatic heterocycles. The normalized spacial score (nSPS) is 10.3. The molecule has 0 spiro atoms. The van der Waals surface area contributed by atoms with Gasteiger partial charge in [0.1, 0.15) is 4.88 Å². The Labute approximate surface area is 88.9 Å². The molecule has 2 aromatic rings. The summed E-state index contributed by atoms with van der Waals surface area (Å²) in [6.45, 7) is 1.83. The van der Waals surface area contributed by atoms with Crippen LogP contribution in [0, 0.1) is 6.92 Å². The first-order valence-electron chi connectivity index (χ1n) is 4.04. The van der Waals surface area contributed by atoms with Crippen molar-refractivity contribution in [3.63, 3.8) is 0 Å². The molecule has 0 aliphatic carbocycles. The molecule has 0 atom stereocenters. The van der Waals surface area contributed by atoms with Gasteiger partial charge in [-0.15, -0.1) is 21.5 Å². The van der Waals surface area contributed by atoms with Crippen LogP contribution >= 0.6 is 11.3 Å². The van der Waals surface area contributed by atoms with E-state index in [2.05, 4.69) is 19.9 Å². The Kier molecular flexibility index (Phi) is 2.46. The highest BCUT2D eigenvalue weighted by molar-refractivity contribution is 7.13. The molecule has 2 aromatic heterocycles. The molecular weight excluding hydrogens is 218 g/mol. The zero-order valence-electron chi connectivity index (χ0n) is 8.05. The third-order valence-electron chi connectivity index (χ3n) is 1.72. The molecule has 0 fully saturated rings. The van der Waals surface area contributed by atoms with Crippen LogP contribution in [0.25, 0.3) is 10.8 Å². The highest BCUT2D eigenvalue weighted by atomic mass is 32.1. The Hall–Kier alpha value is -1.76. The molecule has 0 saturated heterocycles. The summed E-state index contributed by atoms with van der Waals surface area (Å²) < 4.78 is 9.58. The van der Waals surface area contributed by atoms with Crippen LogP contribution in [0.1, 0.15) is 16.4 Å². The van der Waals surface area contributed by atoms with Crippen molar-refractivity contribution in [1.82, 2.24) is 15.2 Å². The highest BCUT2D eigenvalue weighted by Crippen LogP contribution is 2.25. The van der Waals surface area contributed by atoms with Crippen molar-refractivity contribution in [2.45, 2.75) is 6.92 Å². The lowest BCUT2D eigenvalue weighted by atomic mass is 10.4. The maximum Gasteiger partial charge on any atom is 0.396 e. The summed E-state index contributed by atoms with van der Waals surface area (Å²) >= 11 is 1.38. The second kappa shape index (κ2) is 3.77. The molecule has 2 heterocycles. The van der Waals surface area contributed by atoms with Crippen molar-refractivity contribution in [2.75, 3.05) is 7.11 Å². The fraction of sp³-hybridized carbons (Fsp3) is 0.250. The Morgan fingerprint density at radius 3 is 2.93 bits per heavy atom. The minimum absolute atomic E-state index is 0.152. The van der Waals surface area contributed by atoms with Crippen molar-refractivity contribution in [3.05, 3.63) is 17.1 Å². The molecule has 0 unspecified atom stereocenters. The number of aromatic nitrogens is 3. The summed E-state index contributed by atoms with van der Waals surface area (Å²) in [5.74, 6) is -0.508. The maximum absolute atomic E-state index is 11.1. The SMILES string of the molecule is COC(=O)c1nnc(-c2scnc2C)o1. The van der Waals surface area contributed by atoms with E-state index in [0.717, 1.165) is 10.6 Å². The van der Waals surface area contributed by atoms with Crippen LogP contribution in [0.5, 0.6) is 0 Å². The van der Waals surface area contributed by atoms with Crippen LogP contribution in [-0.4, -0.2) is 28.3 Å². The van der Waals surface area contributed by atoms with Crippen molar-refractivity contribution < 1.29 is 13.9 Å². The number of methoxy groups -OCH3 is 1. The van der Waals surface area contributed by atoms with E-state index in [0.29, 0.717) is 0 Å². The molecule has 0 aliphatic rings. The third kappa shape index (κ3) is 1.73. The molecule has 0 radical (unpaired) electrons. The summed E-state index contributed by atoms with van der Waals surface area (Å²) in [7, 11) is 1.25. The number of esters is 1. The number of nitrogens with zero attached hydrogens (tertiary/aromatic N) is 3. The van der Waals surface area contributed by atoms with E-state index in [-0.39, 0.29) is 11.8 Å². The van der Waals surface area contributed by atoms with Gasteiger partial charge >= 0.3 is 11.9 Å². The van der Waals surface area contributed by atoms with Gasteiger partial charge in [-0.05, 0) is 6.92 Å². The predicted octanol–water partition coefficient (Wildman–Crippen LogP) is 1.29. The smallest absolute Gasteiger partial charge is 0.396 e. The number of rotatable bonds is 2. The standard InChI is InChI=1S/C8H7N3O3S/c1-4-5(15-3-9-4)6-10-11-7(14-6)8(12)13-2/h3H,1-2H3. The lowest BCUT2D eigenvalue weighted by Gasteiger charge is -1.90. The molecule has 78 valence electrons. The lowest BCUT2D eigenvalue weighted by Crippen LogP contribution is -2.00. The first-order chi connectivity index (χ1) is 7.22. The minimum atomic E-state index is -0.643. The fourth-order valence-electron chi connectivity index (χ4n) is 0.992. The molecule has 0 amide bonds. The van der Waals surface area contributed by atoms with Crippen molar-refractivity contribution in [3.8, 4) is 10.8 Å². The summed E-state index contributed by atoms with van der Waals surface area (Å²) in [5, 5.41) is 7.31. The largest absolute Gasteiger partial charge is 0.462 e. The Balaban J connectivity index is 2.36. The Morgan fingerprint density at radius 1 is 1.53 bits per heavy atom. The molecule has 0 N–H and O–H groups in total. The summed E-state index contributed by atoms with van der Waals surface area (Å²) in [4.78, 5) is 15.9. The van der Waals surface area contributed by atoms with Gasteiger partial charge in [0.15, 0.2) is 0 Å². The van der Waals surface area contributed by atoms with Gasteiger partial charge in [0, 0.05) is 0 Å². The van der Waals surface area contributed by atoms with Crippen molar-refractivity contribution >= 4 is 17.3 Å². The van der Waals surface area contributed by atoms with Gasteiger partial charge in [-0.1, -0.05) is 0 Å². The number of hydrogen-bond donors (Lipinski definition) is 0. The van der Waals surface area contributed by atoms with E-state index >= 15 is 0 Å². The van der Waals surface area contributed by atoms with Gasteiger partial charge in [0.2, 0.25) is 0 Å². The van der Waals surface area contributed by atoms with Crippen LogP contribution in [0.3, 0.4) is 0 Å². The molecule has 0 bridgehead atoms. The van der Waals surface area contributed by atoms with E-state index in [1.807, 2.05) is 6.92 Å². The number of hydrogen-bond acceptors (Lipinski definition) is 7. The quantitative estimate of drug-likeness (QED) is 0.716. The van der Waals surface area contributed by atoms with Gasteiger partial charge in [-0.2, -0.15) is 0 Å². The van der Waals surface area contributed by atoms with Crippen LogP contribution in [0.4, 0.5) is 0 Å². The molecule has 15 heavy (non-hydrogen) atoms. The Bertz CT molecular complexity index is 491. The minimum Gasteiger partial charge on any atom is -0.462 e. The van der Waals surface area contributed by atoms with Crippen LogP contribution < -0.4 is 0 Å². The maximum atomic E-state index is 11.1. The van der Waals surface area contributed by atoms with E-state index in [1.54, 1.807) is 5.51 Å². The average molecular weight is 225 g/mol. The van der Waals surface area contributed by atoms with Gasteiger partial charge < -0.3 is 9.15 Å². The molecule has 0 aromatic carbocycles. The zero-order valence-corrected chi connectivity index (χ0v) is 8.87. The molecule has 2 rings (SSSR count). The Morgan fingerprint density at radius 2 is 2.33 bits per heavy atom. The van der Waals surface area contributed by atoms with Crippen molar-refractivity contribution in [1.29, 1.82) is 0 Å². The van der Waals surface area contributed by atoms with Gasteiger partial charge in [-0.3, -0.25) is 0 Å². The average Bonchev–Trinajstić information content (AvgIpc) is 2.84. The van der Waals surface area contributed by atoms with Gasteiger partial charge in [0.25, 0.3) is 5.89 Å². The van der Waals surface area contributed by atoms with E-state index in [4.69, 9.17) is 4.42 Å². The van der Waals surface area contributed by atoms with Crippen LogP contribution in [-0.2, 0) is 4.74 Å². The number of ether oxygens (including phenoxy) is 1. The van der Waals surface area contributed by atoms with Gasteiger partial charge in [-0.25, -0.2) is 9.78 Å². The third-order valence-corrected chi connectivity index (χ3v) is 2.64. The molecule has 7 heteroatoms. The lowest BCUT2D eigenvalue weighted by molar-refractivity contribution is 0.0556. The van der Waals surface area contributed by atoms with Crippen molar-refractivity contribution in [2.24, 2.45) is 0 Å². The fourth-order valence-corrected chi connectivity index (χ4v) is 1.71. The van der Waals surface area contributed by atoms with E-state index in [9.17, 15) is 4.79 Å². The van der Waals surface area contributed by atoms with Gasteiger partial charge in [0.05, 0.1) is 18.3 Å². The highest BCUT2D eigenvalue weighted by Gasteiger charge is 2.18. The second-order valence-electron chi connectivity index (χ2n) is 2.67. The zero-order chi connectivity index (χ0) is 10.8. The predicted molar refractivity (Wildman–Crippen MR) is 51.5 cm³/mol. The molecular formula is C8H7N3O3S.